The topological polar surface area (TPSA) is 92.4 Å². The second-order valence-corrected chi connectivity index (χ2v) is 6.17. The third kappa shape index (κ3) is 2.51. The van der Waals surface area contributed by atoms with Gasteiger partial charge >= 0.3 is 0 Å². The second-order valence-electron chi connectivity index (χ2n) is 3.31. The number of nitrogen functional groups attached to an aromatic ring is 1. The Morgan fingerprint density at radius 3 is 2.65 bits per heavy atom. The number of thiophene rings is 1. The molecule has 0 atom stereocenters. The molecule has 7 heteroatoms. The van der Waals surface area contributed by atoms with Gasteiger partial charge in [-0.15, -0.1) is 11.3 Å². The average molecular weight is 270 g/mol. The van der Waals surface area contributed by atoms with Crippen molar-refractivity contribution in [3.63, 3.8) is 0 Å². The number of sulfonamides is 1. The van der Waals surface area contributed by atoms with E-state index in [0.29, 0.717) is 0 Å². The lowest BCUT2D eigenvalue weighted by molar-refractivity contribution is 0.475. The van der Waals surface area contributed by atoms with E-state index in [2.05, 4.69) is 4.72 Å². The molecule has 1 aromatic heterocycles. The fourth-order valence-electron chi connectivity index (χ4n) is 1.25. The van der Waals surface area contributed by atoms with Crippen LogP contribution in [0, 0.1) is 0 Å². The monoisotopic (exact) mass is 270 g/mol. The van der Waals surface area contributed by atoms with Crippen LogP contribution in [0.4, 0.5) is 11.4 Å². The maximum atomic E-state index is 11.9. The second kappa shape index (κ2) is 4.27. The molecule has 5 nitrogen and oxygen atoms in total. The summed E-state index contributed by atoms with van der Waals surface area (Å²) in [6.45, 7) is 0. The zero-order chi connectivity index (χ0) is 12.5. The first kappa shape index (κ1) is 11.7. The molecule has 0 radical (unpaired) electrons. The number of phenols is 1. The standard InChI is InChI=1S/C10H10N2O3S2/c11-8-6-7(13)3-4-9(8)12-17(14,15)10-2-1-5-16-10/h1-6,12-13H,11H2. The number of aromatic hydroxyl groups is 1. The minimum absolute atomic E-state index is 0.0124. The lowest BCUT2D eigenvalue weighted by Crippen LogP contribution is -2.12. The Kier molecular flexibility index (Phi) is 2.95. The van der Waals surface area contributed by atoms with E-state index < -0.39 is 10.0 Å². The van der Waals surface area contributed by atoms with Crippen molar-refractivity contribution in [2.45, 2.75) is 4.21 Å². The van der Waals surface area contributed by atoms with Gasteiger partial charge in [-0.1, -0.05) is 6.07 Å². The van der Waals surface area contributed by atoms with E-state index in [4.69, 9.17) is 10.8 Å². The summed E-state index contributed by atoms with van der Waals surface area (Å²) in [5.41, 5.74) is 6.02. The van der Waals surface area contributed by atoms with Gasteiger partial charge < -0.3 is 10.8 Å². The van der Waals surface area contributed by atoms with Crippen molar-refractivity contribution in [2.75, 3.05) is 10.5 Å². The Morgan fingerprint density at radius 2 is 2.06 bits per heavy atom. The first-order valence-corrected chi connectivity index (χ1v) is 7.00. The molecule has 2 rings (SSSR count). The van der Waals surface area contributed by atoms with Gasteiger partial charge in [0, 0.05) is 6.07 Å². The van der Waals surface area contributed by atoms with Gasteiger partial charge in [-0.3, -0.25) is 4.72 Å². The molecule has 2 aromatic rings. The third-order valence-electron chi connectivity index (χ3n) is 2.04. The molecule has 0 saturated heterocycles. The van der Waals surface area contributed by atoms with Crippen LogP contribution in [0.1, 0.15) is 0 Å². The van der Waals surface area contributed by atoms with Crippen LogP contribution in [0.25, 0.3) is 0 Å². The van der Waals surface area contributed by atoms with Crippen LogP contribution >= 0.6 is 11.3 Å². The quantitative estimate of drug-likeness (QED) is 0.586. The van der Waals surface area contributed by atoms with Gasteiger partial charge in [0.2, 0.25) is 0 Å². The van der Waals surface area contributed by atoms with E-state index in [0.717, 1.165) is 11.3 Å². The Hall–Kier alpha value is -1.73. The third-order valence-corrected chi connectivity index (χ3v) is 4.80. The minimum Gasteiger partial charge on any atom is -0.508 e. The van der Waals surface area contributed by atoms with Crippen molar-refractivity contribution in [3.8, 4) is 5.75 Å². The highest BCUT2D eigenvalue weighted by molar-refractivity contribution is 7.94. The summed E-state index contributed by atoms with van der Waals surface area (Å²) >= 11 is 1.12. The number of nitrogens with one attached hydrogen (secondary N) is 1. The molecule has 90 valence electrons. The van der Waals surface area contributed by atoms with E-state index >= 15 is 0 Å². The van der Waals surface area contributed by atoms with Gasteiger partial charge in [-0.05, 0) is 23.6 Å². The van der Waals surface area contributed by atoms with Crippen molar-refractivity contribution in [1.29, 1.82) is 0 Å². The Balaban J connectivity index is 2.33. The van der Waals surface area contributed by atoms with Crippen molar-refractivity contribution in [1.82, 2.24) is 0 Å². The maximum absolute atomic E-state index is 11.9. The van der Waals surface area contributed by atoms with Crippen LogP contribution in [-0.4, -0.2) is 13.5 Å². The molecule has 1 heterocycles. The highest BCUT2D eigenvalue weighted by Gasteiger charge is 2.16. The van der Waals surface area contributed by atoms with Gasteiger partial charge in [0.1, 0.15) is 9.96 Å². The van der Waals surface area contributed by atoms with Crippen LogP contribution in [0.2, 0.25) is 0 Å². The van der Waals surface area contributed by atoms with Crippen molar-refractivity contribution in [3.05, 3.63) is 35.7 Å². The van der Waals surface area contributed by atoms with Crippen molar-refractivity contribution >= 4 is 32.7 Å². The summed E-state index contributed by atoms with van der Waals surface area (Å²) in [5, 5.41) is 10.8. The SMILES string of the molecule is Nc1cc(O)ccc1NS(=O)(=O)c1cccs1. The predicted octanol–water partition coefficient (Wildman–Crippen LogP) is 1.84. The van der Waals surface area contributed by atoms with Gasteiger partial charge in [0.25, 0.3) is 10.0 Å². The number of phenolic OH excluding ortho intramolecular Hbond substituents is 1. The molecule has 1 aromatic carbocycles. The molecule has 0 aliphatic carbocycles. The van der Waals surface area contributed by atoms with E-state index in [1.807, 2.05) is 0 Å². The zero-order valence-corrected chi connectivity index (χ0v) is 10.3. The average Bonchev–Trinajstić information content (AvgIpc) is 2.76. The van der Waals surface area contributed by atoms with Gasteiger partial charge in [0.15, 0.2) is 0 Å². The summed E-state index contributed by atoms with van der Waals surface area (Å²) in [5.74, 6) is -0.0124. The predicted molar refractivity (Wildman–Crippen MR) is 67.6 cm³/mol. The molecule has 0 unspecified atom stereocenters. The first-order valence-electron chi connectivity index (χ1n) is 4.64. The summed E-state index contributed by atoms with van der Waals surface area (Å²) in [6.07, 6.45) is 0. The van der Waals surface area contributed by atoms with Crippen molar-refractivity contribution in [2.24, 2.45) is 0 Å². The van der Waals surface area contributed by atoms with Gasteiger partial charge in [-0.25, -0.2) is 8.42 Å². The van der Waals surface area contributed by atoms with Crippen LogP contribution in [-0.2, 0) is 10.0 Å². The summed E-state index contributed by atoms with van der Waals surface area (Å²) in [6, 6.07) is 7.22. The molecule has 17 heavy (non-hydrogen) atoms. The van der Waals surface area contributed by atoms with E-state index in [-0.39, 0.29) is 21.3 Å². The van der Waals surface area contributed by atoms with Crippen LogP contribution in [0.3, 0.4) is 0 Å². The highest BCUT2D eigenvalue weighted by Crippen LogP contribution is 2.26. The fraction of sp³-hybridized carbons (Fsp3) is 0. The maximum Gasteiger partial charge on any atom is 0.271 e. The zero-order valence-electron chi connectivity index (χ0n) is 8.62. The van der Waals surface area contributed by atoms with Gasteiger partial charge in [0.05, 0.1) is 11.4 Å². The lowest BCUT2D eigenvalue weighted by Gasteiger charge is -2.08. The molecular weight excluding hydrogens is 260 g/mol. The molecule has 0 spiro atoms. The fourth-order valence-corrected chi connectivity index (χ4v) is 3.34. The Morgan fingerprint density at radius 1 is 1.29 bits per heavy atom. The lowest BCUT2D eigenvalue weighted by atomic mass is 10.2. The van der Waals surface area contributed by atoms with E-state index in [1.54, 1.807) is 11.4 Å². The van der Waals surface area contributed by atoms with E-state index in [9.17, 15) is 8.42 Å². The normalized spacial score (nSPS) is 11.3. The van der Waals surface area contributed by atoms with E-state index in [1.165, 1.54) is 24.3 Å². The summed E-state index contributed by atoms with van der Waals surface area (Å²) in [7, 11) is -3.60. The Labute approximate surface area is 103 Å². The minimum atomic E-state index is -3.60. The Bertz CT molecular complexity index is 621. The largest absolute Gasteiger partial charge is 0.508 e. The number of hydrogen-bond donors (Lipinski definition) is 3. The first-order chi connectivity index (χ1) is 7.99. The molecule has 0 aliphatic heterocycles. The molecule has 0 bridgehead atoms. The molecule has 0 aliphatic rings. The molecule has 0 saturated carbocycles. The van der Waals surface area contributed by atoms with Crippen molar-refractivity contribution < 1.29 is 13.5 Å². The molecule has 0 amide bonds. The number of rotatable bonds is 3. The van der Waals surface area contributed by atoms with Crippen LogP contribution in [0.15, 0.2) is 39.9 Å². The summed E-state index contributed by atoms with van der Waals surface area (Å²) < 4.78 is 26.3. The smallest absolute Gasteiger partial charge is 0.271 e. The number of nitrogens with two attached hydrogens (primary N) is 1. The van der Waals surface area contributed by atoms with Gasteiger partial charge in [-0.2, -0.15) is 0 Å². The molecule has 0 fully saturated rings. The molecular formula is C10H10N2O3S2. The number of benzene rings is 1. The number of hydrogen-bond acceptors (Lipinski definition) is 5. The molecule has 4 N–H and O–H groups in total. The highest BCUT2D eigenvalue weighted by atomic mass is 32.2. The van der Waals surface area contributed by atoms with Crippen LogP contribution in [0.5, 0.6) is 5.75 Å². The summed E-state index contributed by atoms with van der Waals surface area (Å²) in [4.78, 5) is 0. The van der Waals surface area contributed by atoms with Crippen LogP contribution < -0.4 is 10.5 Å². The number of anilines is 2.